The minimum atomic E-state index is 1.06. The van der Waals surface area contributed by atoms with Crippen molar-refractivity contribution in [1.29, 1.82) is 0 Å². The second-order valence-corrected chi connectivity index (χ2v) is 3.80. The highest BCUT2D eigenvalue weighted by atomic mass is 79.9. The lowest BCUT2D eigenvalue weighted by molar-refractivity contribution is 0.816. The number of halogens is 1. The Hall–Kier alpha value is -0.630. The number of hydrogen-bond acceptors (Lipinski definition) is 1. The molecule has 0 unspecified atom stereocenters. The lowest BCUT2D eigenvalue weighted by Gasteiger charge is -1.95. The van der Waals surface area contributed by atoms with Crippen molar-refractivity contribution < 1.29 is 0 Å². The Morgan fingerprint density at radius 3 is 3.08 bits per heavy atom. The van der Waals surface area contributed by atoms with Gasteiger partial charge >= 0.3 is 0 Å². The van der Waals surface area contributed by atoms with Gasteiger partial charge in [-0.3, -0.25) is 4.98 Å². The summed E-state index contributed by atoms with van der Waals surface area (Å²) in [6.07, 6.45) is 11.7. The maximum absolute atomic E-state index is 4.01. The molecule has 1 rings (SSSR count). The Kier molecular flexibility index (Phi) is 4.76. The molecule has 0 saturated heterocycles. The second kappa shape index (κ2) is 5.92. The van der Waals surface area contributed by atoms with Gasteiger partial charge in [0.25, 0.3) is 0 Å². The van der Waals surface area contributed by atoms with E-state index >= 15 is 0 Å². The van der Waals surface area contributed by atoms with Crippen molar-refractivity contribution in [2.75, 3.05) is 0 Å². The molecule has 0 saturated carbocycles. The van der Waals surface area contributed by atoms with E-state index in [1.165, 1.54) is 18.4 Å². The molecule has 0 bridgehead atoms. The summed E-state index contributed by atoms with van der Waals surface area (Å²) in [7, 11) is 0. The first-order valence-corrected chi connectivity index (χ1v) is 5.40. The Morgan fingerprint density at radius 1 is 1.54 bits per heavy atom. The summed E-state index contributed by atoms with van der Waals surface area (Å²) in [6, 6.07) is 2.01. The third kappa shape index (κ3) is 3.73. The van der Waals surface area contributed by atoms with Crippen LogP contribution in [0.2, 0.25) is 0 Å². The van der Waals surface area contributed by atoms with E-state index in [4.69, 9.17) is 0 Å². The first-order valence-electron chi connectivity index (χ1n) is 4.60. The van der Waals surface area contributed by atoms with Crippen LogP contribution >= 0.6 is 15.9 Å². The summed E-state index contributed by atoms with van der Waals surface area (Å²) in [5.41, 5.74) is 1.20. The molecule has 0 radical (unpaired) electrons. The number of aromatic nitrogens is 1. The number of nitrogens with zero attached hydrogens (tertiary/aromatic N) is 1. The molecule has 0 aliphatic rings. The van der Waals surface area contributed by atoms with Crippen LogP contribution < -0.4 is 0 Å². The second-order valence-electron chi connectivity index (χ2n) is 2.94. The number of unbranched alkanes of at least 4 members (excludes halogenated alkanes) is 2. The molecule has 0 aromatic carbocycles. The van der Waals surface area contributed by atoms with Crippen LogP contribution in [-0.4, -0.2) is 4.98 Å². The van der Waals surface area contributed by atoms with Gasteiger partial charge in [-0.25, -0.2) is 0 Å². The van der Waals surface area contributed by atoms with Crippen LogP contribution in [0.25, 0.3) is 6.08 Å². The van der Waals surface area contributed by atoms with E-state index in [0.717, 1.165) is 10.9 Å². The highest BCUT2D eigenvalue weighted by Crippen LogP contribution is 2.16. The summed E-state index contributed by atoms with van der Waals surface area (Å²) >= 11 is 3.45. The van der Waals surface area contributed by atoms with Gasteiger partial charge in [0.05, 0.1) is 0 Å². The SMILES string of the molecule is CCCC/C=C/c1ccncc1Br. The highest BCUT2D eigenvalue weighted by Gasteiger charge is 1.92. The molecule has 0 fully saturated rings. The van der Waals surface area contributed by atoms with Crippen LogP contribution in [0, 0.1) is 0 Å². The van der Waals surface area contributed by atoms with Gasteiger partial charge in [0.2, 0.25) is 0 Å². The molecule has 2 heteroatoms. The summed E-state index contributed by atoms with van der Waals surface area (Å²) in [5, 5.41) is 0. The summed E-state index contributed by atoms with van der Waals surface area (Å²) in [4.78, 5) is 4.01. The van der Waals surface area contributed by atoms with E-state index in [1.54, 1.807) is 0 Å². The number of hydrogen-bond donors (Lipinski definition) is 0. The standard InChI is InChI=1S/C11H14BrN/c1-2-3-4-5-6-10-7-8-13-9-11(10)12/h5-9H,2-4H2,1H3/b6-5+. The van der Waals surface area contributed by atoms with Gasteiger partial charge in [-0.2, -0.15) is 0 Å². The molecular formula is C11H14BrN. The molecule has 0 N–H and O–H groups in total. The maximum atomic E-state index is 4.01. The van der Waals surface area contributed by atoms with Crippen molar-refractivity contribution in [3.05, 3.63) is 34.6 Å². The summed E-state index contributed by atoms with van der Waals surface area (Å²) in [5.74, 6) is 0. The van der Waals surface area contributed by atoms with Gasteiger partial charge in [0.1, 0.15) is 0 Å². The fourth-order valence-corrected chi connectivity index (χ4v) is 1.44. The molecule has 1 aromatic heterocycles. The molecule has 0 atom stereocenters. The van der Waals surface area contributed by atoms with Gasteiger partial charge in [0.15, 0.2) is 0 Å². The average Bonchev–Trinajstić information content (AvgIpc) is 2.15. The Morgan fingerprint density at radius 2 is 2.38 bits per heavy atom. The van der Waals surface area contributed by atoms with Gasteiger partial charge < -0.3 is 0 Å². The topological polar surface area (TPSA) is 12.9 Å². The van der Waals surface area contributed by atoms with Crippen LogP contribution in [-0.2, 0) is 0 Å². The number of rotatable bonds is 4. The minimum Gasteiger partial charge on any atom is -0.264 e. The molecule has 1 nitrogen and oxygen atoms in total. The van der Waals surface area contributed by atoms with Gasteiger partial charge in [-0.05, 0) is 34.0 Å². The maximum Gasteiger partial charge on any atom is 0.0431 e. The predicted octanol–water partition coefficient (Wildman–Crippen LogP) is 4.05. The molecule has 1 heterocycles. The first kappa shape index (κ1) is 10.5. The van der Waals surface area contributed by atoms with Crippen LogP contribution in [0.1, 0.15) is 31.7 Å². The van der Waals surface area contributed by atoms with Crippen molar-refractivity contribution >= 4 is 22.0 Å². The lowest BCUT2D eigenvalue weighted by Crippen LogP contribution is -1.77. The van der Waals surface area contributed by atoms with E-state index in [0.29, 0.717) is 0 Å². The Bertz CT molecular complexity index is 281. The van der Waals surface area contributed by atoms with E-state index in [1.807, 2.05) is 18.5 Å². The lowest BCUT2D eigenvalue weighted by atomic mass is 10.2. The molecule has 0 aliphatic heterocycles. The van der Waals surface area contributed by atoms with Crippen molar-refractivity contribution in [3.63, 3.8) is 0 Å². The van der Waals surface area contributed by atoms with Crippen molar-refractivity contribution in [3.8, 4) is 0 Å². The summed E-state index contributed by atoms with van der Waals surface area (Å²) in [6.45, 7) is 2.20. The van der Waals surface area contributed by atoms with Crippen LogP contribution in [0.15, 0.2) is 29.0 Å². The Labute approximate surface area is 88.0 Å². The minimum absolute atomic E-state index is 1.06. The largest absolute Gasteiger partial charge is 0.264 e. The normalized spacial score (nSPS) is 10.9. The molecular weight excluding hydrogens is 226 g/mol. The quantitative estimate of drug-likeness (QED) is 0.723. The van der Waals surface area contributed by atoms with E-state index in [2.05, 4.69) is 40.0 Å². The number of pyridine rings is 1. The Balaban J connectivity index is 2.53. The zero-order valence-corrected chi connectivity index (χ0v) is 9.42. The van der Waals surface area contributed by atoms with Crippen LogP contribution in [0.5, 0.6) is 0 Å². The third-order valence-corrected chi connectivity index (χ3v) is 2.49. The molecule has 0 spiro atoms. The van der Waals surface area contributed by atoms with Crippen LogP contribution in [0.4, 0.5) is 0 Å². The highest BCUT2D eigenvalue weighted by molar-refractivity contribution is 9.10. The van der Waals surface area contributed by atoms with Crippen LogP contribution in [0.3, 0.4) is 0 Å². The molecule has 0 amide bonds. The van der Waals surface area contributed by atoms with Gasteiger partial charge in [-0.1, -0.05) is 31.9 Å². The zero-order chi connectivity index (χ0) is 9.52. The zero-order valence-electron chi connectivity index (χ0n) is 7.83. The van der Waals surface area contributed by atoms with Crippen molar-refractivity contribution in [2.24, 2.45) is 0 Å². The van der Waals surface area contributed by atoms with E-state index < -0.39 is 0 Å². The van der Waals surface area contributed by atoms with E-state index in [-0.39, 0.29) is 0 Å². The third-order valence-electron chi connectivity index (χ3n) is 1.83. The molecule has 1 aromatic rings. The predicted molar refractivity (Wildman–Crippen MR) is 60.5 cm³/mol. The van der Waals surface area contributed by atoms with Crippen molar-refractivity contribution in [2.45, 2.75) is 26.2 Å². The molecule has 13 heavy (non-hydrogen) atoms. The smallest absolute Gasteiger partial charge is 0.0431 e. The fraction of sp³-hybridized carbons (Fsp3) is 0.364. The van der Waals surface area contributed by atoms with Gasteiger partial charge in [-0.15, -0.1) is 0 Å². The average molecular weight is 240 g/mol. The molecule has 0 aliphatic carbocycles. The molecule has 70 valence electrons. The fourth-order valence-electron chi connectivity index (χ4n) is 1.05. The van der Waals surface area contributed by atoms with Gasteiger partial charge in [0, 0.05) is 16.9 Å². The monoisotopic (exact) mass is 239 g/mol. The van der Waals surface area contributed by atoms with Crippen molar-refractivity contribution in [1.82, 2.24) is 4.98 Å². The number of allylic oxidation sites excluding steroid dienone is 1. The summed E-state index contributed by atoms with van der Waals surface area (Å²) < 4.78 is 1.06. The van der Waals surface area contributed by atoms with E-state index in [9.17, 15) is 0 Å². The first-order chi connectivity index (χ1) is 6.34.